The third kappa shape index (κ3) is 4.89. The first-order valence-electron chi connectivity index (χ1n) is 10.6. The number of hydrogen-bond donors (Lipinski definition) is 0. The molecule has 1 unspecified atom stereocenters. The lowest BCUT2D eigenvalue weighted by atomic mass is 9.78. The molecule has 1 fully saturated rings. The van der Waals surface area contributed by atoms with Gasteiger partial charge in [-0.15, -0.1) is 11.3 Å². The SMILES string of the molecule is CCOCC1(CCc2ccc(F)s2)CN(C(C)(C)c2ccc(C)nc2)C(C)(C)C1. The molecule has 0 N–H and O–H groups in total. The summed E-state index contributed by atoms with van der Waals surface area (Å²) in [5.41, 5.74) is 2.25. The van der Waals surface area contributed by atoms with E-state index in [9.17, 15) is 4.39 Å². The highest BCUT2D eigenvalue weighted by Gasteiger charge is 2.52. The highest BCUT2D eigenvalue weighted by Crippen LogP contribution is 2.50. The van der Waals surface area contributed by atoms with Crippen molar-refractivity contribution < 1.29 is 9.13 Å². The van der Waals surface area contributed by atoms with E-state index in [-0.39, 0.29) is 21.6 Å². The van der Waals surface area contributed by atoms with Crippen LogP contribution in [0.5, 0.6) is 0 Å². The van der Waals surface area contributed by atoms with Gasteiger partial charge in [0, 0.05) is 46.4 Å². The van der Waals surface area contributed by atoms with Crippen molar-refractivity contribution in [1.29, 1.82) is 0 Å². The van der Waals surface area contributed by atoms with Gasteiger partial charge in [0.05, 0.1) is 6.61 Å². The summed E-state index contributed by atoms with van der Waals surface area (Å²) >= 11 is 1.27. The van der Waals surface area contributed by atoms with Gasteiger partial charge in [-0.25, -0.2) is 0 Å². The second-order valence-electron chi connectivity index (χ2n) is 9.67. The third-order valence-corrected chi connectivity index (χ3v) is 7.40. The molecule has 0 radical (unpaired) electrons. The monoisotopic (exact) mass is 418 g/mol. The van der Waals surface area contributed by atoms with E-state index in [4.69, 9.17) is 4.74 Å². The number of aryl methyl sites for hydroxylation is 2. The minimum atomic E-state index is -0.132. The lowest BCUT2D eigenvalue weighted by Gasteiger charge is -2.44. The molecule has 1 atom stereocenters. The van der Waals surface area contributed by atoms with Crippen LogP contribution in [0.15, 0.2) is 30.5 Å². The van der Waals surface area contributed by atoms with Crippen LogP contribution in [-0.4, -0.2) is 35.2 Å². The molecule has 5 heteroatoms. The Kier molecular flexibility index (Phi) is 6.52. The van der Waals surface area contributed by atoms with Crippen molar-refractivity contribution in [2.45, 2.75) is 71.9 Å². The van der Waals surface area contributed by atoms with Crippen LogP contribution in [0.1, 0.15) is 63.6 Å². The van der Waals surface area contributed by atoms with Gasteiger partial charge in [-0.1, -0.05) is 6.07 Å². The number of rotatable bonds is 8. The summed E-state index contributed by atoms with van der Waals surface area (Å²) in [5, 5.41) is -0.0970. The Bertz CT molecular complexity index is 815. The Hall–Kier alpha value is -1.30. The first-order valence-corrected chi connectivity index (χ1v) is 11.4. The van der Waals surface area contributed by atoms with Crippen LogP contribution in [0, 0.1) is 17.5 Å². The number of pyridine rings is 1. The summed E-state index contributed by atoms with van der Waals surface area (Å²) in [7, 11) is 0. The average Bonchev–Trinajstić information content (AvgIpc) is 3.19. The van der Waals surface area contributed by atoms with Crippen LogP contribution >= 0.6 is 11.3 Å². The maximum absolute atomic E-state index is 13.5. The van der Waals surface area contributed by atoms with Crippen molar-refractivity contribution in [3.8, 4) is 0 Å². The van der Waals surface area contributed by atoms with E-state index in [2.05, 4.69) is 56.6 Å². The molecule has 1 aliphatic rings. The topological polar surface area (TPSA) is 25.4 Å². The number of halogens is 1. The van der Waals surface area contributed by atoms with Gasteiger partial charge in [0.1, 0.15) is 0 Å². The third-order valence-electron chi connectivity index (χ3n) is 6.47. The number of likely N-dealkylation sites (tertiary alicyclic amines) is 1. The minimum absolute atomic E-state index is 0.0339. The molecule has 29 heavy (non-hydrogen) atoms. The Balaban J connectivity index is 1.86. The molecule has 0 saturated carbocycles. The zero-order chi connectivity index (χ0) is 21.3. The van der Waals surface area contributed by atoms with Crippen molar-refractivity contribution in [2.75, 3.05) is 19.8 Å². The van der Waals surface area contributed by atoms with Gasteiger partial charge in [0.15, 0.2) is 5.13 Å². The van der Waals surface area contributed by atoms with E-state index in [1.165, 1.54) is 16.9 Å². The molecule has 3 rings (SSSR count). The number of hydrogen-bond acceptors (Lipinski definition) is 4. The first-order chi connectivity index (χ1) is 13.6. The van der Waals surface area contributed by atoms with Crippen molar-refractivity contribution in [3.05, 3.63) is 51.7 Å². The van der Waals surface area contributed by atoms with Crippen molar-refractivity contribution >= 4 is 11.3 Å². The second-order valence-corrected chi connectivity index (χ2v) is 10.8. The van der Waals surface area contributed by atoms with Crippen LogP contribution < -0.4 is 0 Å². The molecule has 0 bridgehead atoms. The Morgan fingerprint density at radius 2 is 2.00 bits per heavy atom. The van der Waals surface area contributed by atoms with Gasteiger partial charge in [-0.05, 0) is 84.6 Å². The zero-order valence-corrected chi connectivity index (χ0v) is 19.5. The Morgan fingerprint density at radius 3 is 2.59 bits per heavy atom. The van der Waals surface area contributed by atoms with Crippen LogP contribution in [0.4, 0.5) is 4.39 Å². The molecule has 0 aromatic carbocycles. The standard InChI is InChI=1S/C24H35FN2OS/c1-7-28-17-24(13-12-20-10-11-21(25)29-20)15-22(3,4)27(16-24)23(5,6)19-9-8-18(2)26-14-19/h8-11,14H,7,12-13,15-17H2,1-6H3. The van der Waals surface area contributed by atoms with E-state index in [1.807, 2.05) is 19.2 Å². The zero-order valence-electron chi connectivity index (χ0n) is 18.7. The molecule has 2 aromatic rings. The normalized spacial score (nSPS) is 22.3. The molecular weight excluding hydrogens is 383 g/mol. The smallest absolute Gasteiger partial charge is 0.176 e. The van der Waals surface area contributed by atoms with E-state index in [0.29, 0.717) is 0 Å². The van der Waals surface area contributed by atoms with Crippen LogP contribution in [0.3, 0.4) is 0 Å². The first kappa shape index (κ1) is 22.4. The molecule has 1 aliphatic heterocycles. The molecule has 0 amide bonds. The summed E-state index contributed by atoms with van der Waals surface area (Å²) in [6, 6.07) is 7.80. The molecular formula is C24H35FN2OS. The van der Waals surface area contributed by atoms with Crippen molar-refractivity contribution in [3.63, 3.8) is 0 Å². The summed E-state index contributed by atoms with van der Waals surface area (Å²) < 4.78 is 19.4. The van der Waals surface area contributed by atoms with E-state index in [1.54, 1.807) is 6.07 Å². The molecule has 2 aromatic heterocycles. The molecule has 0 aliphatic carbocycles. The summed E-state index contributed by atoms with van der Waals surface area (Å²) in [5.74, 6) is 0. The Morgan fingerprint density at radius 1 is 1.24 bits per heavy atom. The largest absolute Gasteiger partial charge is 0.381 e. The van der Waals surface area contributed by atoms with Gasteiger partial charge in [0.25, 0.3) is 0 Å². The fourth-order valence-corrected chi connectivity index (χ4v) is 5.81. The van der Waals surface area contributed by atoms with Crippen molar-refractivity contribution in [2.24, 2.45) is 5.41 Å². The second kappa shape index (κ2) is 8.44. The van der Waals surface area contributed by atoms with Gasteiger partial charge < -0.3 is 4.74 Å². The van der Waals surface area contributed by atoms with Gasteiger partial charge in [-0.2, -0.15) is 4.39 Å². The number of ether oxygens (including phenoxy) is 1. The summed E-state index contributed by atoms with van der Waals surface area (Å²) in [6.07, 6.45) is 4.99. The van der Waals surface area contributed by atoms with Gasteiger partial charge in [-0.3, -0.25) is 9.88 Å². The molecule has 160 valence electrons. The maximum Gasteiger partial charge on any atom is 0.176 e. The van der Waals surface area contributed by atoms with Crippen LogP contribution in [-0.2, 0) is 16.7 Å². The molecule has 1 saturated heterocycles. The number of thiophene rings is 1. The Labute approximate surface area is 179 Å². The number of nitrogens with zero attached hydrogens (tertiary/aromatic N) is 2. The fourth-order valence-electron chi connectivity index (χ4n) is 5.09. The summed E-state index contributed by atoms with van der Waals surface area (Å²) in [4.78, 5) is 8.29. The number of aromatic nitrogens is 1. The highest BCUT2D eigenvalue weighted by molar-refractivity contribution is 7.10. The van der Waals surface area contributed by atoms with Gasteiger partial charge >= 0.3 is 0 Å². The van der Waals surface area contributed by atoms with Crippen LogP contribution in [0.25, 0.3) is 0 Å². The average molecular weight is 419 g/mol. The fraction of sp³-hybridized carbons (Fsp3) is 0.625. The predicted octanol–water partition coefficient (Wildman–Crippen LogP) is 5.97. The molecule has 0 spiro atoms. The van der Waals surface area contributed by atoms with E-state index < -0.39 is 0 Å². The maximum atomic E-state index is 13.5. The molecule has 3 nitrogen and oxygen atoms in total. The van der Waals surface area contributed by atoms with Gasteiger partial charge in [0.2, 0.25) is 0 Å². The van der Waals surface area contributed by atoms with Crippen LogP contribution in [0.2, 0.25) is 0 Å². The summed E-state index contributed by atoms with van der Waals surface area (Å²) in [6.45, 7) is 15.8. The highest BCUT2D eigenvalue weighted by atomic mass is 32.1. The minimum Gasteiger partial charge on any atom is -0.381 e. The quantitative estimate of drug-likeness (QED) is 0.528. The van der Waals surface area contributed by atoms with Crippen molar-refractivity contribution in [1.82, 2.24) is 9.88 Å². The lowest BCUT2D eigenvalue weighted by Crippen LogP contribution is -2.50. The molecule has 3 heterocycles. The predicted molar refractivity (Wildman–Crippen MR) is 119 cm³/mol. The van der Waals surface area contributed by atoms with E-state index in [0.717, 1.165) is 49.6 Å². The van der Waals surface area contributed by atoms with E-state index >= 15 is 0 Å². The lowest BCUT2D eigenvalue weighted by molar-refractivity contribution is 0.0290.